The van der Waals surface area contributed by atoms with Crippen LogP contribution in [-0.2, 0) is 20.6 Å². The minimum Gasteiger partial charge on any atom is -0.0585 e. The Morgan fingerprint density at radius 1 is 1.25 bits per heavy atom. The maximum absolute atomic E-state index is 10.7. The van der Waals surface area contributed by atoms with Crippen molar-refractivity contribution in [3.63, 3.8) is 0 Å². The first kappa shape index (κ1) is 9.33. The minimum absolute atomic E-state index is 0.340. The number of hydrogen-bond acceptors (Lipinski definition) is 1. The number of hydrogen-bond donors (Lipinski definition) is 0. The van der Waals surface area contributed by atoms with Crippen LogP contribution in [0.3, 0.4) is 0 Å². The molecule has 0 N–H and O–H groups in total. The van der Waals surface area contributed by atoms with E-state index in [2.05, 4.69) is 6.92 Å². The van der Waals surface area contributed by atoms with Crippen LogP contribution < -0.4 is 0 Å². The third kappa shape index (κ3) is 1.89. The molecule has 0 saturated carbocycles. The Hall–Kier alpha value is -0.760. The SMILES string of the molecule is [CH2]c1ccc(C(C)(C)[S+]=O)cc1. The average Bonchev–Trinajstić information content (AvgIpc) is 2.05. The van der Waals surface area contributed by atoms with Crippen molar-refractivity contribution in [3.8, 4) is 0 Å². The van der Waals surface area contributed by atoms with Crippen molar-refractivity contribution in [2.45, 2.75) is 18.6 Å². The molecular weight excluding hydrogens is 168 g/mol. The van der Waals surface area contributed by atoms with Crippen molar-refractivity contribution in [3.05, 3.63) is 42.3 Å². The van der Waals surface area contributed by atoms with E-state index in [-0.39, 0.29) is 4.75 Å². The Kier molecular flexibility index (Phi) is 2.58. The van der Waals surface area contributed by atoms with Gasteiger partial charge in [-0.3, -0.25) is 0 Å². The second-order valence-electron chi connectivity index (χ2n) is 3.29. The smallest absolute Gasteiger partial charge is 0.0585 e. The predicted molar refractivity (Wildman–Crippen MR) is 52.0 cm³/mol. The molecule has 1 nitrogen and oxygen atoms in total. The maximum Gasteiger partial charge on any atom is 0.469 e. The molecule has 0 amide bonds. The highest BCUT2D eigenvalue weighted by atomic mass is 32.1. The van der Waals surface area contributed by atoms with Gasteiger partial charge < -0.3 is 0 Å². The molecule has 1 radical (unpaired) electrons. The van der Waals surface area contributed by atoms with Crippen LogP contribution in [0, 0.1) is 6.92 Å². The maximum atomic E-state index is 10.7. The van der Waals surface area contributed by atoms with E-state index in [1.54, 1.807) is 0 Å². The summed E-state index contributed by atoms with van der Waals surface area (Å²) in [6.07, 6.45) is 0. The first-order valence-electron chi connectivity index (χ1n) is 3.80. The molecule has 0 heterocycles. The second-order valence-corrected chi connectivity index (χ2v) is 4.48. The van der Waals surface area contributed by atoms with Crippen LogP contribution in [0.15, 0.2) is 24.3 Å². The highest BCUT2D eigenvalue weighted by Gasteiger charge is 2.34. The second kappa shape index (κ2) is 3.31. The topological polar surface area (TPSA) is 17.1 Å². The zero-order chi connectivity index (χ0) is 9.19. The summed E-state index contributed by atoms with van der Waals surface area (Å²) >= 11 is 0.616. The summed E-state index contributed by atoms with van der Waals surface area (Å²) in [6, 6.07) is 7.75. The Morgan fingerprint density at radius 2 is 1.75 bits per heavy atom. The van der Waals surface area contributed by atoms with E-state index in [0.717, 1.165) is 11.1 Å². The van der Waals surface area contributed by atoms with Gasteiger partial charge in [-0.05, 0) is 12.5 Å². The van der Waals surface area contributed by atoms with E-state index in [9.17, 15) is 4.21 Å². The lowest BCUT2D eigenvalue weighted by Crippen LogP contribution is -2.14. The third-order valence-electron chi connectivity index (χ3n) is 1.86. The van der Waals surface area contributed by atoms with Gasteiger partial charge in [0, 0.05) is 23.6 Å². The molecule has 63 valence electrons. The molecule has 12 heavy (non-hydrogen) atoms. The van der Waals surface area contributed by atoms with Crippen LogP contribution in [0.4, 0.5) is 0 Å². The van der Waals surface area contributed by atoms with Crippen LogP contribution in [0.5, 0.6) is 0 Å². The van der Waals surface area contributed by atoms with Gasteiger partial charge >= 0.3 is 11.7 Å². The van der Waals surface area contributed by atoms with Gasteiger partial charge in [-0.25, -0.2) is 0 Å². The van der Waals surface area contributed by atoms with E-state index >= 15 is 0 Å². The van der Waals surface area contributed by atoms with Gasteiger partial charge in [0.15, 0.2) is 0 Å². The lowest BCUT2D eigenvalue weighted by atomic mass is 10.0. The van der Waals surface area contributed by atoms with Crippen LogP contribution in [-0.4, -0.2) is 0 Å². The molecular formula is C10H12OS+. The molecule has 0 spiro atoms. The van der Waals surface area contributed by atoms with Crippen LogP contribution >= 0.6 is 0 Å². The van der Waals surface area contributed by atoms with E-state index in [1.807, 2.05) is 38.1 Å². The van der Waals surface area contributed by atoms with E-state index in [1.165, 1.54) is 0 Å². The molecule has 1 rings (SSSR count). The van der Waals surface area contributed by atoms with Gasteiger partial charge in [-0.2, -0.15) is 0 Å². The Labute approximate surface area is 77.3 Å². The monoisotopic (exact) mass is 180 g/mol. The van der Waals surface area contributed by atoms with Crippen molar-refractivity contribution in [1.82, 2.24) is 0 Å². The van der Waals surface area contributed by atoms with Gasteiger partial charge in [0.2, 0.25) is 0 Å². The average molecular weight is 180 g/mol. The molecule has 0 fully saturated rings. The molecule has 0 aliphatic rings. The number of rotatable bonds is 2. The largest absolute Gasteiger partial charge is 0.469 e. The Morgan fingerprint density at radius 3 is 2.17 bits per heavy atom. The standard InChI is InChI=1S/C10H12OS/c1-8-4-6-9(7-5-8)10(2,3)12-11/h4-7H,1H2,2-3H3/q+1. The fourth-order valence-electron chi connectivity index (χ4n) is 0.954. The van der Waals surface area contributed by atoms with Crippen molar-refractivity contribution in [1.29, 1.82) is 0 Å². The molecule has 0 bridgehead atoms. The summed E-state index contributed by atoms with van der Waals surface area (Å²) in [5.41, 5.74) is 2.03. The van der Waals surface area contributed by atoms with Gasteiger partial charge in [0.25, 0.3) is 4.75 Å². The van der Waals surface area contributed by atoms with Crippen molar-refractivity contribution < 1.29 is 4.21 Å². The van der Waals surface area contributed by atoms with E-state index < -0.39 is 0 Å². The molecule has 0 aliphatic heterocycles. The highest BCUT2D eigenvalue weighted by molar-refractivity contribution is 7.66. The molecule has 2 heteroatoms. The Balaban J connectivity index is 3.04. The van der Waals surface area contributed by atoms with Gasteiger partial charge in [-0.15, -0.1) is 0 Å². The first-order chi connectivity index (χ1) is 5.56. The molecule has 1 aromatic rings. The highest BCUT2D eigenvalue weighted by Crippen LogP contribution is 2.22. The zero-order valence-electron chi connectivity index (χ0n) is 7.33. The number of benzene rings is 1. The summed E-state index contributed by atoms with van der Waals surface area (Å²) in [4.78, 5) is 0. The molecule has 0 unspecified atom stereocenters. The third-order valence-corrected chi connectivity index (χ3v) is 2.51. The quantitative estimate of drug-likeness (QED) is 0.639. The predicted octanol–water partition coefficient (Wildman–Crippen LogP) is 2.53. The lowest BCUT2D eigenvalue weighted by molar-refractivity contribution is 0.584. The fraction of sp³-hybridized carbons (Fsp3) is 0.300. The summed E-state index contributed by atoms with van der Waals surface area (Å²) in [6.45, 7) is 7.62. The van der Waals surface area contributed by atoms with E-state index in [4.69, 9.17) is 0 Å². The molecule has 0 saturated heterocycles. The molecule has 0 aromatic heterocycles. The first-order valence-corrected chi connectivity index (χ1v) is 4.54. The van der Waals surface area contributed by atoms with Gasteiger partial charge in [-0.1, -0.05) is 24.3 Å². The molecule has 0 atom stereocenters. The molecule has 0 aliphatic carbocycles. The van der Waals surface area contributed by atoms with Crippen molar-refractivity contribution in [2.75, 3.05) is 0 Å². The van der Waals surface area contributed by atoms with Crippen molar-refractivity contribution >= 4 is 11.7 Å². The van der Waals surface area contributed by atoms with Crippen LogP contribution in [0.25, 0.3) is 0 Å². The van der Waals surface area contributed by atoms with Gasteiger partial charge in [0.05, 0.1) is 0 Å². The normalized spacial score (nSPS) is 11.2. The minimum atomic E-state index is -0.340. The van der Waals surface area contributed by atoms with Crippen molar-refractivity contribution in [2.24, 2.45) is 0 Å². The van der Waals surface area contributed by atoms with E-state index in [0.29, 0.717) is 11.7 Å². The summed E-state index contributed by atoms with van der Waals surface area (Å²) < 4.78 is 10.4. The van der Waals surface area contributed by atoms with Crippen LogP contribution in [0.2, 0.25) is 0 Å². The fourth-order valence-corrected chi connectivity index (χ4v) is 1.19. The zero-order valence-corrected chi connectivity index (χ0v) is 8.15. The lowest BCUT2D eigenvalue weighted by Gasteiger charge is -2.05. The van der Waals surface area contributed by atoms with Gasteiger partial charge in [0.1, 0.15) is 0 Å². The summed E-state index contributed by atoms with van der Waals surface area (Å²) in [5.74, 6) is 0. The Bertz CT molecular complexity index is 274. The summed E-state index contributed by atoms with van der Waals surface area (Å²) in [7, 11) is 0. The molecule has 1 aromatic carbocycles. The van der Waals surface area contributed by atoms with Crippen LogP contribution in [0.1, 0.15) is 25.0 Å². The summed E-state index contributed by atoms with van der Waals surface area (Å²) in [5, 5.41) is 0.